The molecule has 0 spiro atoms. The molecule has 1 aromatic carbocycles. The molecule has 1 aromatic rings. The number of carbonyl (C=O) groups excluding carboxylic acids is 1. The van der Waals surface area contributed by atoms with E-state index in [4.69, 9.17) is 4.79 Å². The Bertz CT molecular complexity index is 424. The quantitative estimate of drug-likeness (QED) is 0.435. The minimum atomic E-state index is -1.89. The zero-order valence-electron chi connectivity index (χ0n) is 14.1. The van der Waals surface area contributed by atoms with Gasteiger partial charge in [-0.3, -0.25) is 0 Å². The largest absolute Gasteiger partial charge is 0.655 e. The van der Waals surface area contributed by atoms with Crippen LogP contribution in [0.2, 0.25) is 14.8 Å². The van der Waals surface area contributed by atoms with E-state index in [0.29, 0.717) is 6.44 Å². The first-order valence-electron chi connectivity index (χ1n) is 6.82. The smallest absolute Gasteiger partial charge is 0.0362 e. The van der Waals surface area contributed by atoms with Crippen LogP contribution in [0.15, 0.2) is 24.3 Å². The number of likely N-dealkylation sites (N-methyl/N-ethyl adjacent to an activating group) is 1. The van der Waals surface area contributed by atoms with Crippen LogP contribution < -0.4 is 3.58 Å². The van der Waals surface area contributed by atoms with Crippen molar-refractivity contribution in [3.63, 3.8) is 0 Å². The van der Waals surface area contributed by atoms with E-state index in [9.17, 15) is 4.70 Å². The summed E-state index contributed by atoms with van der Waals surface area (Å²) in [5.41, 5.74) is 1.31. The van der Waals surface area contributed by atoms with Crippen molar-refractivity contribution in [1.82, 2.24) is 4.90 Å². The van der Waals surface area contributed by atoms with Crippen molar-refractivity contribution in [2.24, 2.45) is 0 Å². The van der Waals surface area contributed by atoms with Gasteiger partial charge in [-0.2, -0.15) is 0 Å². The summed E-state index contributed by atoms with van der Waals surface area (Å²) >= 11 is -1.89. The van der Waals surface area contributed by atoms with Crippen LogP contribution in [-0.4, -0.2) is 57.5 Å². The standard InChI is InChI=1S/C10H12BNO.C2H3O2.3CH3.Sn.Y/c1-12(9-11-13)8-7-10-5-3-2-4-6-10;1-4-2-3;;;;;/h3-6,8H,7,9H2,1H3;1H3;3*1H3;;/q2*-1;;;;;. The Morgan fingerprint density at radius 1 is 1.27 bits per heavy atom. The van der Waals surface area contributed by atoms with Gasteiger partial charge in [0.05, 0.1) is 0 Å². The molecule has 0 saturated carbocycles. The number of methoxy groups -OCH3 is 1. The summed E-state index contributed by atoms with van der Waals surface area (Å²) in [5, 5.41) is 0. The van der Waals surface area contributed by atoms with Crippen LogP contribution in [0.1, 0.15) is 5.56 Å². The Hall–Kier alpha value is 0.418. The van der Waals surface area contributed by atoms with Crippen LogP contribution in [0, 0.1) is 6.54 Å². The molecule has 0 aromatic heterocycles. The Morgan fingerprint density at radius 2 is 1.77 bits per heavy atom. The van der Waals surface area contributed by atoms with E-state index in [1.54, 1.807) is 3.58 Å². The summed E-state index contributed by atoms with van der Waals surface area (Å²) in [4.78, 5) is 18.0. The maximum Gasteiger partial charge on any atom is 0.0362 e. The van der Waals surface area contributed by atoms with E-state index in [1.807, 2.05) is 11.9 Å². The van der Waals surface area contributed by atoms with Gasteiger partial charge in [0, 0.05) is 39.8 Å². The van der Waals surface area contributed by atoms with Crippen LogP contribution in [0.4, 0.5) is 0 Å². The molecular formula is C15H24BNO3SnY-2. The molecule has 0 aliphatic rings. The second-order valence-corrected chi connectivity index (χ2v) is 20.2. The molecule has 0 amide bonds. The average Bonchev–Trinajstić information content (AvgIpc) is 2.45. The summed E-state index contributed by atoms with van der Waals surface area (Å²) in [6, 6.07) is 8.98. The predicted molar refractivity (Wildman–Crippen MR) is 89.2 cm³/mol. The van der Waals surface area contributed by atoms with E-state index >= 15 is 0 Å². The normalized spacial score (nSPS) is 9.91. The average molecular weight is 485 g/mol. The van der Waals surface area contributed by atoms with Gasteiger partial charge in [-0.05, 0) is 0 Å². The second kappa shape index (κ2) is 13.8. The van der Waals surface area contributed by atoms with Gasteiger partial charge < -0.3 is 9.53 Å². The fourth-order valence-electron chi connectivity index (χ4n) is 1.59. The van der Waals surface area contributed by atoms with Gasteiger partial charge in [0.1, 0.15) is 0 Å². The SMILES string of the molecule is CN([CH-]Cc1cc[c]([Sn]([CH3])([CH3])[CH3])cc1)CB=O.CO[C-]=O.[Y]. The molecule has 22 heavy (non-hydrogen) atoms. The molecule has 1 rings (SSSR count). The third-order valence-corrected chi connectivity index (χ3v) is 8.80. The number of hydrogen-bond donors (Lipinski definition) is 0. The van der Waals surface area contributed by atoms with Gasteiger partial charge in [-0.1, -0.05) is 6.47 Å². The van der Waals surface area contributed by atoms with Gasteiger partial charge in [-0.25, -0.2) is 0 Å². The maximum atomic E-state index is 10.3. The maximum absolute atomic E-state index is 10.3. The molecule has 0 bridgehead atoms. The number of rotatable bonds is 7. The zero-order chi connectivity index (χ0) is 16.3. The first-order chi connectivity index (χ1) is 9.85. The fraction of sp³-hybridized carbons (Fsp3) is 0.467. The monoisotopic (exact) mass is 486 g/mol. The topological polar surface area (TPSA) is 46.6 Å². The van der Waals surface area contributed by atoms with E-state index in [-0.39, 0.29) is 32.7 Å². The summed E-state index contributed by atoms with van der Waals surface area (Å²) in [7, 11) is 4.11. The number of ether oxygens (including phenoxy) is 1. The van der Waals surface area contributed by atoms with Crippen molar-refractivity contribution >= 4 is 35.6 Å². The Balaban J connectivity index is 0. The molecule has 0 saturated heterocycles. The van der Waals surface area contributed by atoms with Crippen molar-refractivity contribution < 1.29 is 46.9 Å². The van der Waals surface area contributed by atoms with Crippen LogP contribution in [0.25, 0.3) is 0 Å². The molecule has 4 nitrogen and oxygen atoms in total. The molecule has 0 atom stereocenters. The molecule has 0 aliphatic heterocycles. The molecule has 0 unspecified atom stereocenters. The molecule has 119 valence electrons. The van der Waals surface area contributed by atoms with Crippen molar-refractivity contribution in [3.05, 3.63) is 36.4 Å². The van der Waals surface area contributed by atoms with Gasteiger partial charge in [-0.15, -0.1) is 0 Å². The summed E-state index contributed by atoms with van der Waals surface area (Å²) in [6.07, 6.45) is 1.36. The number of benzene rings is 1. The molecular weight excluding hydrogens is 461 g/mol. The Kier molecular flexibility index (Phi) is 15.5. The first kappa shape index (κ1) is 24.7. The van der Waals surface area contributed by atoms with E-state index in [2.05, 4.69) is 50.4 Å². The van der Waals surface area contributed by atoms with Crippen molar-refractivity contribution in [2.75, 3.05) is 20.6 Å². The van der Waals surface area contributed by atoms with Crippen LogP contribution >= 0.6 is 0 Å². The van der Waals surface area contributed by atoms with E-state index in [0.717, 1.165) is 13.6 Å². The van der Waals surface area contributed by atoms with Gasteiger partial charge >= 0.3 is 110 Å². The molecule has 7 heteroatoms. The summed E-state index contributed by atoms with van der Waals surface area (Å²) < 4.78 is 15.6. The minimum Gasteiger partial charge on any atom is -0.655 e. The third-order valence-electron chi connectivity index (χ3n) is 2.90. The fourth-order valence-corrected chi connectivity index (χ4v) is 4.92. The number of hydrogen-bond acceptors (Lipinski definition) is 4. The van der Waals surface area contributed by atoms with Crippen molar-refractivity contribution in [1.29, 1.82) is 0 Å². The van der Waals surface area contributed by atoms with E-state index in [1.165, 1.54) is 19.1 Å². The number of nitrogens with zero attached hydrogens (tertiary/aromatic N) is 1. The van der Waals surface area contributed by atoms with E-state index < -0.39 is 18.4 Å². The Labute approximate surface area is 164 Å². The van der Waals surface area contributed by atoms with Gasteiger partial charge in [0.15, 0.2) is 0 Å². The summed E-state index contributed by atoms with van der Waals surface area (Å²) in [6.45, 7) is 3.24. The molecule has 0 aliphatic carbocycles. The second-order valence-electron chi connectivity index (χ2n) is 5.73. The van der Waals surface area contributed by atoms with Crippen LogP contribution in [-0.2, 0) is 53.4 Å². The minimum absolute atomic E-state index is 0. The summed E-state index contributed by atoms with van der Waals surface area (Å²) in [5.74, 6) is 0. The molecule has 1 radical (unpaired) electrons. The van der Waals surface area contributed by atoms with Gasteiger partial charge in [0.2, 0.25) is 0 Å². The van der Waals surface area contributed by atoms with Gasteiger partial charge in [0.25, 0.3) is 0 Å². The predicted octanol–water partition coefficient (Wildman–Crippen LogP) is 1.57. The van der Waals surface area contributed by atoms with Crippen LogP contribution in [0.5, 0.6) is 0 Å². The molecule has 0 fully saturated rings. The molecule has 0 N–H and O–H groups in total. The zero-order valence-corrected chi connectivity index (χ0v) is 19.8. The first-order valence-corrected chi connectivity index (χ1v) is 16.8. The van der Waals surface area contributed by atoms with Crippen LogP contribution in [0.3, 0.4) is 0 Å². The van der Waals surface area contributed by atoms with Crippen molar-refractivity contribution in [2.45, 2.75) is 21.2 Å². The Morgan fingerprint density at radius 3 is 2.14 bits per heavy atom. The van der Waals surface area contributed by atoms with Crippen molar-refractivity contribution in [3.8, 4) is 0 Å². The third kappa shape index (κ3) is 11.9. The molecule has 0 heterocycles.